The molecular formula is C10H9BrN4OS. The molecule has 0 bridgehead atoms. The van der Waals surface area contributed by atoms with Crippen molar-refractivity contribution in [3.05, 3.63) is 38.9 Å². The van der Waals surface area contributed by atoms with Crippen LogP contribution in [0, 0.1) is 0 Å². The molecule has 0 aliphatic rings. The molecule has 88 valence electrons. The summed E-state index contributed by atoms with van der Waals surface area (Å²) in [5, 5.41) is 2.75. The number of thiophene rings is 1. The van der Waals surface area contributed by atoms with Crippen molar-refractivity contribution in [2.45, 2.75) is 6.54 Å². The minimum atomic E-state index is -0.283. The normalized spacial score (nSPS) is 10.2. The molecule has 0 unspecified atom stereocenters. The molecule has 0 saturated carbocycles. The van der Waals surface area contributed by atoms with E-state index in [9.17, 15) is 4.79 Å². The van der Waals surface area contributed by atoms with Gasteiger partial charge in [0.05, 0.1) is 22.7 Å². The van der Waals surface area contributed by atoms with Crippen molar-refractivity contribution in [1.29, 1.82) is 0 Å². The van der Waals surface area contributed by atoms with E-state index >= 15 is 0 Å². The standard InChI is InChI=1S/C10H9BrN4OS/c11-8-2-1-6(17-8)3-14-10(16)7-4-13-5-9(12)15-7/h1-2,4-5H,3H2,(H2,12,15)(H,14,16). The largest absolute Gasteiger partial charge is 0.382 e. The molecule has 5 nitrogen and oxygen atoms in total. The monoisotopic (exact) mass is 312 g/mol. The second-order valence-electron chi connectivity index (χ2n) is 3.22. The summed E-state index contributed by atoms with van der Waals surface area (Å²) in [7, 11) is 0. The van der Waals surface area contributed by atoms with Gasteiger partial charge in [-0.15, -0.1) is 11.3 Å². The Labute approximate surface area is 110 Å². The van der Waals surface area contributed by atoms with Crippen molar-refractivity contribution in [2.75, 3.05) is 5.73 Å². The molecule has 0 aliphatic heterocycles. The van der Waals surface area contributed by atoms with Crippen molar-refractivity contribution >= 4 is 39.0 Å². The van der Waals surface area contributed by atoms with E-state index in [1.807, 2.05) is 12.1 Å². The van der Waals surface area contributed by atoms with Gasteiger partial charge < -0.3 is 11.1 Å². The molecular weight excluding hydrogens is 304 g/mol. The molecule has 0 atom stereocenters. The molecule has 1 amide bonds. The molecule has 3 N–H and O–H groups in total. The third-order valence-corrected chi connectivity index (χ3v) is 3.56. The maximum absolute atomic E-state index is 11.7. The summed E-state index contributed by atoms with van der Waals surface area (Å²) in [5.41, 5.74) is 5.67. The first kappa shape index (κ1) is 12.0. The minimum Gasteiger partial charge on any atom is -0.382 e. The number of amides is 1. The van der Waals surface area contributed by atoms with Gasteiger partial charge in [-0.2, -0.15) is 0 Å². The lowest BCUT2D eigenvalue weighted by Crippen LogP contribution is -2.23. The molecule has 0 spiro atoms. The number of halogens is 1. The molecule has 0 radical (unpaired) electrons. The van der Waals surface area contributed by atoms with E-state index in [4.69, 9.17) is 5.73 Å². The zero-order valence-electron chi connectivity index (χ0n) is 8.68. The maximum atomic E-state index is 11.7. The molecule has 0 fully saturated rings. The fourth-order valence-corrected chi connectivity index (χ4v) is 2.62. The number of hydrogen-bond acceptors (Lipinski definition) is 5. The number of nitrogens with two attached hydrogens (primary N) is 1. The van der Waals surface area contributed by atoms with Gasteiger partial charge in [-0.1, -0.05) is 0 Å². The van der Waals surface area contributed by atoms with Crippen LogP contribution in [0.1, 0.15) is 15.4 Å². The summed E-state index contributed by atoms with van der Waals surface area (Å²) < 4.78 is 1.03. The van der Waals surface area contributed by atoms with Crippen LogP contribution >= 0.6 is 27.3 Å². The lowest BCUT2D eigenvalue weighted by atomic mass is 10.4. The number of carbonyl (C=O) groups excluding carboxylic acids is 1. The summed E-state index contributed by atoms with van der Waals surface area (Å²) in [4.78, 5) is 20.5. The Hall–Kier alpha value is -1.47. The fourth-order valence-electron chi connectivity index (χ4n) is 1.20. The maximum Gasteiger partial charge on any atom is 0.271 e. The number of nitrogens with one attached hydrogen (secondary N) is 1. The number of aromatic nitrogens is 2. The highest BCUT2D eigenvalue weighted by atomic mass is 79.9. The first-order valence-electron chi connectivity index (χ1n) is 4.75. The van der Waals surface area contributed by atoms with Gasteiger partial charge in [0.2, 0.25) is 0 Å². The van der Waals surface area contributed by atoms with Gasteiger partial charge in [0, 0.05) is 4.88 Å². The number of anilines is 1. The number of nitrogen functional groups attached to an aromatic ring is 1. The van der Waals surface area contributed by atoms with Crippen molar-refractivity contribution < 1.29 is 4.79 Å². The van der Waals surface area contributed by atoms with Crippen LogP contribution in [0.3, 0.4) is 0 Å². The van der Waals surface area contributed by atoms with Crippen LogP contribution in [0.25, 0.3) is 0 Å². The number of hydrogen-bond donors (Lipinski definition) is 2. The smallest absolute Gasteiger partial charge is 0.271 e. The van der Waals surface area contributed by atoms with Gasteiger partial charge in [-0.25, -0.2) is 4.98 Å². The summed E-state index contributed by atoms with van der Waals surface area (Å²) in [6.45, 7) is 0.464. The van der Waals surface area contributed by atoms with E-state index in [0.29, 0.717) is 6.54 Å². The summed E-state index contributed by atoms with van der Waals surface area (Å²) in [6, 6.07) is 3.88. The van der Waals surface area contributed by atoms with Gasteiger partial charge in [0.25, 0.3) is 5.91 Å². The second kappa shape index (κ2) is 5.24. The number of rotatable bonds is 3. The summed E-state index contributed by atoms with van der Waals surface area (Å²) in [6.07, 6.45) is 2.78. The van der Waals surface area contributed by atoms with Crippen molar-refractivity contribution in [3.63, 3.8) is 0 Å². The van der Waals surface area contributed by atoms with Crippen LogP contribution in [0.5, 0.6) is 0 Å². The molecule has 0 saturated heterocycles. The Kier molecular flexibility index (Phi) is 3.70. The molecule has 0 aromatic carbocycles. The third kappa shape index (κ3) is 3.24. The first-order chi connectivity index (χ1) is 8.15. The topological polar surface area (TPSA) is 80.9 Å². The highest BCUT2D eigenvalue weighted by molar-refractivity contribution is 9.11. The molecule has 2 aromatic rings. The highest BCUT2D eigenvalue weighted by Crippen LogP contribution is 2.21. The molecule has 7 heteroatoms. The Morgan fingerprint density at radius 2 is 2.29 bits per heavy atom. The molecule has 2 aromatic heterocycles. The van der Waals surface area contributed by atoms with Crippen LogP contribution in [0.2, 0.25) is 0 Å². The van der Waals surface area contributed by atoms with Gasteiger partial charge in [-0.3, -0.25) is 9.78 Å². The quantitative estimate of drug-likeness (QED) is 0.905. The zero-order valence-corrected chi connectivity index (χ0v) is 11.1. The van der Waals surface area contributed by atoms with Gasteiger partial charge >= 0.3 is 0 Å². The van der Waals surface area contributed by atoms with E-state index < -0.39 is 0 Å². The van der Waals surface area contributed by atoms with Crippen LogP contribution in [0.4, 0.5) is 5.82 Å². The van der Waals surface area contributed by atoms with Crippen LogP contribution in [0.15, 0.2) is 28.3 Å². The third-order valence-electron chi connectivity index (χ3n) is 1.94. The Morgan fingerprint density at radius 3 is 2.94 bits per heavy atom. The van der Waals surface area contributed by atoms with E-state index in [1.165, 1.54) is 12.4 Å². The number of nitrogens with zero attached hydrogens (tertiary/aromatic N) is 2. The zero-order chi connectivity index (χ0) is 12.3. The van der Waals surface area contributed by atoms with Crippen molar-refractivity contribution in [1.82, 2.24) is 15.3 Å². The predicted octanol–water partition coefficient (Wildman–Crippen LogP) is 1.81. The summed E-state index contributed by atoms with van der Waals surface area (Å²) >= 11 is 4.93. The number of carbonyl (C=O) groups is 1. The SMILES string of the molecule is Nc1cncc(C(=O)NCc2ccc(Br)s2)n1. The fraction of sp³-hybridized carbons (Fsp3) is 0.100. The van der Waals surface area contributed by atoms with E-state index in [0.717, 1.165) is 8.66 Å². The Morgan fingerprint density at radius 1 is 1.47 bits per heavy atom. The average Bonchev–Trinajstić information content (AvgIpc) is 2.72. The van der Waals surface area contributed by atoms with Gasteiger partial charge in [-0.05, 0) is 28.1 Å². The van der Waals surface area contributed by atoms with Crippen LogP contribution in [-0.2, 0) is 6.54 Å². The van der Waals surface area contributed by atoms with Crippen molar-refractivity contribution in [2.24, 2.45) is 0 Å². The lowest BCUT2D eigenvalue weighted by molar-refractivity contribution is 0.0946. The molecule has 17 heavy (non-hydrogen) atoms. The van der Waals surface area contributed by atoms with Crippen LogP contribution in [-0.4, -0.2) is 15.9 Å². The molecule has 2 heterocycles. The first-order valence-corrected chi connectivity index (χ1v) is 6.36. The predicted molar refractivity (Wildman–Crippen MR) is 69.6 cm³/mol. The molecule has 2 rings (SSSR count). The van der Waals surface area contributed by atoms with Gasteiger partial charge in [0.15, 0.2) is 0 Å². The Balaban J connectivity index is 1.98. The van der Waals surface area contributed by atoms with Crippen LogP contribution < -0.4 is 11.1 Å². The summed E-state index contributed by atoms with van der Waals surface area (Å²) in [5.74, 6) is -0.0501. The van der Waals surface area contributed by atoms with Crippen molar-refractivity contribution in [3.8, 4) is 0 Å². The highest BCUT2D eigenvalue weighted by Gasteiger charge is 2.08. The van der Waals surface area contributed by atoms with Gasteiger partial charge in [0.1, 0.15) is 11.5 Å². The average molecular weight is 313 g/mol. The molecule has 0 aliphatic carbocycles. The minimum absolute atomic E-state index is 0.223. The van der Waals surface area contributed by atoms with E-state index in [-0.39, 0.29) is 17.4 Å². The Bertz CT molecular complexity index is 543. The lowest BCUT2D eigenvalue weighted by Gasteiger charge is -2.02. The second-order valence-corrected chi connectivity index (χ2v) is 5.77. The van der Waals surface area contributed by atoms with E-state index in [1.54, 1.807) is 11.3 Å². The van der Waals surface area contributed by atoms with E-state index in [2.05, 4.69) is 31.2 Å².